The number of benzene rings is 1. The molecule has 6 nitrogen and oxygen atoms in total. The van der Waals surface area contributed by atoms with Gasteiger partial charge in [0, 0.05) is 39.8 Å². The Kier molecular flexibility index (Phi) is 10.3. The summed E-state index contributed by atoms with van der Waals surface area (Å²) in [5.41, 5.74) is 1.01. The number of hydrogen-bond donors (Lipinski definition) is 1. The first kappa shape index (κ1) is 25.6. The van der Waals surface area contributed by atoms with Gasteiger partial charge in [0.2, 0.25) is 0 Å². The average molecular weight is 530 g/mol. The largest absolute Gasteiger partial charge is 0.497 e. The molecule has 1 fully saturated rings. The van der Waals surface area contributed by atoms with Crippen molar-refractivity contribution in [1.82, 2.24) is 15.1 Å². The fourth-order valence-corrected chi connectivity index (χ4v) is 3.25. The fraction of sp³-hybridized carbons (Fsp3) is 0.632. The molecule has 1 N–H and O–H groups in total. The van der Waals surface area contributed by atoms with Crippen LogP contribution in [0.15, 0.2) is 23.2 Å². The molecule has 0 radical (unpaired) electrons. The highest BCUT2D eigenvalue weighted by atomic mass is 127. The Bertz CT molecular complexity index is 665. The number of hydrogen-bond acceptors (Lipinski definition) is 4. The van der Waals surface area contributed by atoms with Crippen molar-refractivity contribution in [2.24, 2.45) is 4.99 Å². The van der Waals surface area contributed by atoms with E-state index in [1.807, 2.05) is 23.1 Å². The summed E-state index contributed by atoms with van der Waals surface area (Å²) in [6.45, 7) is 3.54. The molecule has 0 spiro atoms. The predicted molar refractivity (Wildman–Crippen MR) is 119 cm³/mol. The number of rotatable bonds is 6. The zero-order chi connectivity index (χ0) is 20.7. The lowest BCUT2D eigenvalue weighted by Crippen LogP contribution is -2.56. The minimum Gasteiger partial charge on any atom is -0.497 e. The molecular formula is C19H30F3IN4O2. The molecule has 1 aliphatic heterocycles. The molecule has 1 aliphatic rings. The summed E-state index contributed by atoms with van der Waals surface area (Å²) in [7, 11) is 4.92. The van der Waals surface area contributed by atoms with Crippen LogP contribution in [0, 0.1) is 0 Å². The van der Waals surface area contributed by atoms with Crippen LogP contribution in [0.5, 0.6) is 11.5 Å². The van der Waals surface area contributed by atoms with Gasteiger partial charge in [-0.15, -0.1) is 24.0 Å². The molecule has 0 saturated carbocycles. The Labute approximate surface area is 187 Å². The molecule has 1 unspecified atom stereocenters. The van der Waals surface area contributed by atoms with Gasteiger partial charge in [0.1, 0.15) is 17.5 Å². The average Bonchev–Trinajstić information content (AvgIpc) is 2.70. The van der Waals surface area contributed by atoms with E-state index < -0.39 is 12.2 Å². The Balaban J connectivity index is 0.00000420. The summed E-state index contributed by atoms with van der Waals surface area (Å²) in [6.07, 6.45) is -3.50. The molecule has 1 aromatic carbocycles. The van der Waals surface area contributed by atoms with Crippen molar-refractivity contribution >= 4 is 29.9 Å². The topological polar surface area (TPSA) is 49.3 Å². The van der Waals surface area contributed by atoms with Gasteiger partial charge in [-0.2, -0.15) is 13.2 Å². The summed E-state index contributed by atoms with van der Waals surface area (Å²) < 4.78 is 49.3. The Morgan fingerprint density at radius 1 is 1.17 bits per heavy atom. The molecule has 1 aromatic rings. The first-order valence-electron chi connectivity index (χ1n) is 9.27. The van der Waals surface area contributed by atoms with E-state index in [4.69, 9.17) is 9.47 Å². The maximum Gasteiger partial charge on any atom is 0.403 e. The highest BCUT2D eigenvalue weighted by molar-refractivity contribution is 14.0. The van der Waals surface area contributed by atoms with E-state index in [0.29, 0.717) is 45.1 Å². The molecule has 2 rings (SSSR count). The maximum absolute atomic E-state index is 12.9. The molecule has 29 heavy (non-hydrogen) atoms. The first-order valence-corrected chi connectivity index (χ1v) is 9.27. The zero-order valence-corrected chi connectivity index (χ0v) is 19.6. The van der Waals surface area contributed by atoms with Crippen LogP contribution in [-0.2, 0) is 6.42 Å². The number of piperazine rings is 1. The SMILES string of the molecule is CN=C(NCCc1cc(OC)ccc1OC)N1CCN(C(C)C(F)(F)F)CC1.I. The van der Waals surface area contributed by atoms with Crippen LogP contribution in [0.3, 0.4) is 0 Å². The van der Waals surface area contributed by atoms with Crippen molar-refractivity contribution in [3.05, 3.63) is 23.8 Å². The summed E-state index contributed by atoms with van der Waals surface area (Å²) in [5.74, 6) is 2.24. The second kappa shape index (κ2) is 11.7. The third-order valence-corrected chi connectivity index (χ3v) is 5.01. The third kappa shape index (κ3) is 7.09. The molecule has 1 saturated heterocycles. The van der Waals surface area contributed by atoms with Gasteiger partial charge in [-0.25, -0.2) is 0 Å². The van der Waals surface area contributed by atoms with Crippen molar-refractivity contribution in [2.75, 3.05) is 54.0 Å². The number of aliphatic imine (C=N–C) groups is 1. The van der Waals surface area contributed by atoms with Crippen molar-refractivity contribution in [2.45, 2.75) is 25.6 Å². The summed E-state index contributed by atoms with van der Waals surface area (Å²) >= 11 is 0. The van der Waals surface area contributed by atoms with Crippen LogP contribution in [-0.4, -0.2) is 82.0 Å². The van der Waals surface area contributed by atoms with Gasteiger partial charge in [0.25, 0.3) is 0 Å². The molecule has 10 heteroatoms. The summed E-state index contributed by atoms with van der Waals surface area (Å²) in [6, 6.07) is 4.21. The van der Waals surface area contributed by atoms with Crippen molar-refractivity contribution < 1.29 is 22.6 Å². The van der Waals surface area contributed by atoms with Gasteiger partial charge in [-0.05, 0) is 37.1 Å². The van der Waals surface area contributed by atoms with Gasteiger partial charge in [0.05, 0.1) is 14.2 Å². The van der Waals surface area contributed by atoms with Crippen LogP contribution in [0.2, 0.25) is 0 Å². The van der Waals surface area contributed by atoms with E-state index in [-0.39, 0.29) is 24.0 Å². The molecular weight excluding hydrogens is 500 g/mol. The predicted octanol–water partition coefficient (Wildman–Crippen LogP) is 3.01. The Hall–Kier alpha value is -1.43. The van der Waals surface area contributed by atoms with Crippen molar-refractivity contribution in [3.8, 4) is 11.5 Å². The van der Waals surface area contributed by atoms with Crippen molar-refractivity contribution in [1.29, 1.82) is 0 Å². The molecule has 166 valence electrons. The number of alkyl halides is 3. The smallest absolute Gasteiger partial charge is 0.403 e. The number of halogens is 4. The first-order chi connectivity index (χ1) is 13.3. The molecule has 1 heterocycles. The van der Waals surface area contributed by atoms with Crippen LogP contribution >= 0.6 is 24.0 Å². The lowest BCUT2D eigenvalue weighted by atomic mass is 10.1. The van der Waals surface area contributed by atoms with Crippen LogP contribution in [0.25, 0.3) is 0 Å². The quantitative estimate of drug-likeness (QED) is 0.349. The van der Waals surface area contributed by atoms with Crippen LogP contribution < -0.4 is 14.8 Å². The van der Waals surface area contributed by atoms with Crippen LogP contribution in [0.1, 0.15) is 12.5 Å². The monoisotopic (exact) mass is 530 g/mol. The van der Waals surface area contributed by atoms with E-state index >= 15 is 0 Å². The number of methoxy groups -OCH3 is 2. The molecule has 0 aliphatic carbocycles. The van der Waals surface area contributed by atoms with E-state index in [1.165, 1.54) is 11.8 Å². The highest BCUT2D eigenvalue weighted by Gasteiger charge is 2.41. The minimum atomic E-state index is -4.20. The molecule has 0 bridgehead atoms. The Morgan fingerprint density at radius 2 is 1.83 bits per heavy atom. The summed E-state index contributed by atoms with van der Waals surface area (Å²) in [4.78, 5) is 7.72. The Morgan fingerprint density at radius 3 is 2.34 bits per heavy atom. The third-order valence-electron chi connectivity index (χ3n) is 5.01. The van der Waals surface area contributed by atoms with Crippen LogP contribution in [0.4, 0.5) is 13.2 Å². The van der Waals surface area contributed by atoms with Crippen molar-refractivity contribution in [3.63, 3.8) is 0 Å². The lowest BCUT2D eigenvalue weighted by molar-refractivity contribution is -0.181. The van der Waals surface area contributed by atoms with E-state index in [9.17, 15) is 13.2 Å². The number of nitrogens with zero attached hydrogens (tertiary/aromatic N) is 3. The number of ether oxygens (including phenoxy) is 2. The van der Waals surface area contributed by atoms with E-state index in [2.05, 4.69) is 10.3 Å². The van der Waals surface area contributed by atoms with Gasteiger partial charge in [0.15, 0.2) is 5.96 Å². The van der Waals surface area contributed by atoms with E-state index in [0.717, 1.165) is 17.1 Å². The number of nitrogens with one attached hydrogen (secondary N) is 1. The molecule has 0 aromatic heterocycles. The van der Waals surface area contributed by atoms with E-state index in [1.54, 1.807) is 21.3 Å². The maximum atomic E-state index is 12.9. The van der Waals surface area contributed by atoms with Gasteiger partial charge < -0.3 is 19.7 Å². The molecule has 1 atom stereocenters. The zero-order valence-electron chi connectivity index (χ0n) is 17.3. The fourth-order valence-electron chi connectivity index (χ4n) is 3.25. The standard InChI is InChI=1S/C19H29F3N4O2.HI/c1-14(19(20,21)22)25-9-11-26(12-10-25)18(23-2)24-8-7-15-13-16(27-3)5-6-17(15)28-4;/h5-6,13-14H,7-12H2,1-4H3,(H,23,24);1H. The van der Waals surface area contributed by atoms with Gasteiger partial charge in [-0.3, -0.25) is 9.89 Å². The van der Waals surface area contributed by atoms with Gasteiger partial charge in [-0.1, -0.05) is 0 Å². The summed E-state index contributed by atoms with van der Waals surface area (Å²) in [5, 5.41) is 3.29. The second-order valence-corrected chi connectivity index (χ2v) is 6.64. The normalized spacial score (nSPS) is 16.8. The number of guanidine groups is 1. The minimum absolute atomic E-state index is 0. The second-order valence-electron chi connectivity index (χ2n) is 6.64. The lowest BCUT2D eigenvalue weighted by Gasteiger charge is -2.39. The highest BCUT2D eigenvalue weighted by Crippen LogP contribution is 2.25. The molecule has 0 amide bonds. The van der Waals surface area contributed by atoms with Gasteiger partial charge >= 0.3 is 6.18 Å².